The van der Waals surface area contributed by atoms with Gasteiger partial charge in [0.25, 0.3) is 0 Å². The van der Waals surface area contributed by atoms with E-state index in [0.29, 0.717) is 16.6 Å². The molecule has 3 aromatic rings. The molecule has 0 atom stereocenters. The summed E-state index contributed by atoms with van der Waals surface area (Å²) >= 11 is 12.3. The van der Waals surface area contributed by atoms with Crippen LogP contribution in [0.3, 0.4) is 0 Å². The summed E-state index contributed by atoms with van der Waals surface area (Å²) in [5, 5.41) is 1.36. The molecule has 0 unspecified atom stereocenters. The molecule has 0 fully saturated rings. The first kappa shape index (κ1) is 14.1. The standard InChI is InChI=1S/C16H13Cl2N3/c1-11-9-21(10-12-8-13(17)5-6-14(12)18)16(20-11)15-4-2-3-7-19-15/h2-9H,10H2,1H3. The zero-order valence-electron chi connectivity index (χ0n) is 11.4. The fourth-order valence-corrected chi connectivity index (χ4v) is 2.59. The summed E-state index contributed by atoms with van der Waals surface area (Å²) in [6, 6.07) is 11.2. The van der Waals surface area contributed by atoms with Crippen molar-refractivity contribution < 1.29 is 0 Å². The third kappa shape index (κ3) is 3.09. The van der Waals surface area contributed by atoms with Gasteiger partial charge in [-0.1, -0.05) is 29.3 Å². The van der Waals surface area contributed by atoms with Gasteiger partial charge in [0, 0.05) is 22.4 Å². The van der Waals surface area contributed by atoms with Crippen molar-refractivity contribution in [2.24, 2.45) is 0 Å². The van der Waals surface area contributed by atoms with Crippen LogP contribution in [0.2, 0.25) is 10.0 Å². The summed E-state index contributed by atoms with van der Waals surface area (Å²) in [6.07, 6.45) is 3.75. The van der Waals surface area contributed by atoms with Crippen molar-refractivity contribution in [3.8, 4) is 11.5 Å². The van der Waals surface area contributed by atoms with E-state index in [0.717, 1.165) is 22.8 Å². The number of hydrogen-bond acceptors (Lipinski definition) is 2. The highest BCUT2D eigenvalue weighted by atomic mass is 35.5. The Kier molecular flexibility index (Phi) is 3.95. The van der Waals surface area contributed by atoms with Crippen molar-refractivity contribution in [1.29, 1.82) is 0 Å². The Morgan fingerprint density at radius 2 is 2.00 bits per heavy atom. The second kappa shape index (κ2) is 5.88. The van der Waals surface area contributed by atoms with E-state index in [1.807, 2.05) is 48.0 Å². The minimum atomic E-state index is 0.603. The Morgan fingerprint density at radius 3 is 2.76 bits per heavy atom. The molecule has 21 heavy (non-hydrogen) atoms. The minimum Gasteiger partial charge on any atom is -0.325 e. The normalized spacial score (nSPS) is 10.8. The highest BCUT2D eigenvalue weighted by Gasteiger charge is 2.11. The van der Waals surface area contributed by atoms with Crippen molar-refractivity contribution in [3.05, 3.63) is 70.1 Å². The molecule has 0 radical (unpaired) electrons. The lowest BCUT2D eigenvalue weighted by molar-refractivity contribution is 0.803. The predicted octanol–water partition coefficient (Wildman–Crippen LogP) is 4.61. The molecular formula is C16H13Cl2N3. The van der Waals surface area contributed by atoms with Crippen molar-refractivity contribution in [1.82, 2.24) is 14.5 Å². The predicted molar refractivity (Wildman–Crippen MR) is 85.8 cm³/mol. The number of aromatic nitrogens is 3. The maximum absolute atomic E-state index is 6.24. The van der Waals surface area contributed by atoms with Gasteiger partial charge >= 0.3 is 0 Å². The highest BCUT2D eigenvalue weighted by Crippen LogP contribution is 2.24. The van der Waals surface area contributed by atoms with E-state index < -0.39 is 0 Å². The Balaban J connectivity index is 2.02. The Morgan fingerprint density at radius 1 is 1.14 bits per heavy atom. The quantitative estimate of drug-likeness (QED) is 0.706. The Bertz CT molecular complexity index is 766. The van der Waals surface area contributed by atoms with Crippen LogP contribution in [0, 0.1) is 6.92 Å². The van der Waals surface area contributed by atoms with Crippen LogP contribution in [-0.4, -0.2) is 14.5 Å². The summed E-state index contributed by atoms with van der Waals surface area (Å²) < 4.78 is 2.04. The van der Waals surface area contributed by atoms with E-state index in [1.165, 1.54) is 0 Å². The van der Waals surface area contributed by atoms with Crippen LogP contribution in [0.25, 0.3) is 11.5 Å². The number of halogens is 2. The average molecular weight is 318 g/mol. The molecule has 0 N–H and O–H groups in total. The smallest absolute Gasteiger partial charge is 0.159 e. The van der Waals surface area contributed by atoms with Crippen molar-refractivity contribution in [2.75, 3.05) is 0 Å². The topological polar surface area (TPSA) is 30.7 Å². The fraction of sp³-hybridized carbons (Fsp3) is 0.125. The van der Waals surface area contributed by atoms with Crippen molar-refractivity contribution in [2.45, 2.75) is 13.5 Å². The molecule has 0 amide bonds. The van der Waals surface area contributed by atoms with Gasteiger partial charge in [-0.2, -0.15) is 0 Å². The number of nitrogens with zero attached hydrogens (tertiary/aromatic N) is 3. The second-order valence-electron chi connectivity index (χ2n) is 4.78. The molecule has 5 heteroatoms. The van der Waals surface area contributed by atoms with Gasteiger partial charge in [0.2, 0.25) is 0 Å². The molecule has 0 aliphatic carbocycles. The first-order valence-corrected chi connectivity index (χ1v) is 7.28. The zero-order valence-corrected chi connectivity index (χ0v) is 12.9. The molecular weight excluding hydrogens is 305 g/mol. The molecule has 0 spiro atoms. The number of benzene rings is 1. The van der Waals surface area contributed by atoms with Crippen LogP contribution in [0.1, 0.15) is 11.3 Å². The SMILES string of the molecule is Cc1cn(Cc2cc(Cl)ccc2Cl)c(-c2ccccn2)n1. The molecule has 0 saturated carbocycles. The molecule has 3 rings (SSSR count). The van der Waals surface area contributed by atoms with E-state index in [2.05, 4.69) is 9.97 Å². The van der Waals surface area contributed by atoms with Gasteiger partial charge in [0.05, 0.1) is 12.2 Å². The van der Waals surface area contributed by atoms with E-state index in [1.54, 1.807) is 12.3 Å². The van der Waals surface area contributed by atoms with Crippen molar-refractivity contribution in [3.63, 3.8) is 0 Å². The molecule has 0 bridgehead atoms. The van der Waals surface area contributed by atoms with E-state index in [4.69, 9.17) is 23.2 Å². The average Bonchev–Trinajstić information content (AvgIpc) is 2.85. The van der Waals surface area contributed by atoms with Crippen LogP contribution in [-0.2, 0) is 6.54 Å². The number of rotatable bonds is 3. The van der Waals surface area contributed by atoms with Gasteiger partial charge in [0.1, 0.15) is 5.69 Å². The van der Waals surface area contributed by atoms with Gasteiger partial charge in [0.15, 0.2) is 5.82 Å². The van der Waals surface area contributed by atoms with E-state index in [-0.39, 0.29) is 0 Å². The second-order valence-corrected chi connectivity index (χ2v) is 5.63. The molecule has 0 aliphatic heterocycles. The van der Waals surface area contributed by atoms with Gasteiger partial charge in [-0.05, 0) is 42.8 Å². The van der Waals surface area contributed by atoms with Crippen LogP contribution in [0.15, 0.2) is 48.8 Å². The van der Waals surface area contributed by atoms with Crippen LogP contribution in [0.5, 0.6) is 0 Å². The lowest BCUT2D eigenvalue weighted by atomic mass is 10.2. The lowest BCUT2D eigenvalue weighted by Crippen LogP contribution is -2.02. The number of hydrogen-bond donors (Lipinski definition) is 0. The first-order valence-electron chi connectivity index (χ1n) is 6.52. The molecule has 1 aromatic carbocycles. The molecule has 3 nitrogen and oxygen atoms in total. The minimum absolute atomic E-state index is 0.603. The third-order valence-electron chi connectivity index (χ3n) is 3.14. The zero-order chi connectivity index (χ0) is 14.8. The van der Waals surface area contributed by atoms with Crippen LogP contribution < -0.4 is 0 Å². The van der Waals surface area contributed by atoms with Gasteiger partial charge < -0.3 is 4.57 Å². The summed E-state index contributed by atoms with van der Waals surface area (Å²) in [5.74, 6) is 0.823. The molecule has 0 saturated heterocycles. The number of pyridine rings is 1. The van der Waals surface area contributed by atoms with Gasteiger partial charge in [-0.15, -0.1) is 0 Å². The summed E-state index contributed by atoms with van der Waals surface area (Å²) in [6.45, 7) is 2.56. The maximum Gasteiger partial charge on any atom is 0.159 e. The maximum atomic E-state index is 6.24. The van der Waals surface area contributed by atoms with E-state index >= 15 is 0 Å². The third-order valence-corrected chi connectivity index (χ3v) is 3.74. The Hall–Kier alpha value is -1.84. The number of imidazole rings is 1. The van der Waals surface area contributed by atoms with Gasteiger partial charge in [-0.25, -0.2) is 4.98 Å². The van der Waals surface area contributed by atoms with Crippen LogP contribution >= 0.6 is 23.2 Å². The first-order chi connectivity index (χ1) is 10.1. The molecule has 2 heterocycles. The van der Waals surface area contributed by atoms with Crippen molar-refractivity contribution >= 4 is 23.2 Å². The fourth-order valence-electron chi connectivity index (χ4n) is 2.21. The monoisotopic (exact) mass is 317 g/mol. The Labute approximate surface area is 133 Å². The molecule has 0 aliphatic rings. The summed E-state index contributed by atoms with van der Waals surface area (Å²) in [4.78, 5) is 8.92. The number of aryl methyl sites for hydroxylation is 1. The summed E-state index contributed by atoms with van der Waals surface area (Å²) in [5.41, 5.74) is 2.73. The van der Waals surface area contributed by atoms with E-state index in [9.17, 15) is 0 Å². The summed E-state index contributed by atoms with van der Waals surface area (Å²) in [7, 11) is 0. The lowest BCUT2D eigenvalue weighted by Gasteiger charge is -2.09. The van der Waals surface area contributed by atoms with Gasteiger partial charge in [-0.3, -0.25) is 4.98 Å². The largest absolute Gasteiger partial charge is 0.325 e. The highest BCUT2D eigenvalue weighted by molar-refractivity contribution is 6.33. The molecule has 2 aromatic heterocycles. The van der Waals surface area contributed by atoms with Crippen LogP contribution in [0.4, 0.5) is 0 Å². The molecule has 106 valence electrons.